The van der Waals surface area contributed by atoms with E-state index in [4.69, 9.17) is 9.47 Å². The van der Waals surface area contributed by atoms with Crippen LogP contribution in [0.4, 0.5) is 5.69 Å². The summed E-state index contributed by atoms with van der Waals surface area (Å²) in [6.07, 6.45) is 3.75. The van der Waals surface area contributed by atoms with Gasteiger partial charge in [0.15, 0.2) is 17.5 Å². The quantitative estimate of drug-likeness (QED) is 0.379. The standard InChI is InChI=1S/C17H25N5O2.HI/c1-13(12-22-9-5-8-20-22)11-19-17(18-2)21-14-6-7-15(23-3)16(10-14)24-4;/h5-10,13H,11-12H2,1-4H3,(H2,18,19,21);1H. The van der Waals surface area contributed by atoms with Crippen LogP contribution in [0.1, 0.15) is 6.92 Å². The molecule has 0 fully saturated rings. The van der Waals surface area contributed by atoms with Crippen LogP contribution < -0.4 is 20.1 Å². The monoisotopic (exact) mass is 459 g/mol. The summed E-state index contributed by atoms with van der Waals surface area (Å²) >= 11 is 0. The third-order valence-electron chi connectivity index (χ3n) is 3.55. The molecule has 2 rings (SSSR count). The number of anilines is 1. The summed E-state index contributed by atoms with van der Waals surface area (Å²) in [5.74, 6) is 2.48. The minimum atomic E-state index is 0. The predicted octanol–water partition coefficient (Wildman–Crippen LogP) is 2.84. The fraction of sp³-hybridized carbons (Fsp3) is 0.412. The number of aromatic nitrogens is 2. The summed E-state index contributed by atoms with van der Waals surface area (Å²) in [7, 11) is 4.98. The lowest BCUT2D eigenvalue weighted by molar-refractivity contribution is 0.355. The molecule has 1 aromatic heterocycles. The van der Waals surface area contributed by atoms with E-state index in [1.165, 1.54) is 0 Å². The van der Waals surface area contributed by atoms with E-state index in [1.807, 2.05) is 35.1 Å². The first-order valence-corrected chi connectivity index (χ1v) is 7.83. The van der Waals surface area contributed by atoms with Gasteiger partial charge in [-0.25, -0.2) is 0 Å². The van der Waals surface area contributed by atoms with E-state index in [0.29, 0.717) is 23.4 Å². The molecule has 25 heavy (non-hydrogen) atoms. The van der Waals surface area contributed by atoms with Crippen LogP contribution in [0.2, 0.25) is 0 Å². The maximum absolute atomic E-state index is 5.31. The first-order valence-electron chi connectivity index (χ1n) is 7.83. The molecule has 2 aromatic rings. The number of rotatable bonds is 7. The molecule has 1 atom stereocenters. The highest BCUT2D eigenvalue weighted by molar-refractivity contribution is 14.0. The number of benzene rings is 1. The minimum absolute atomic E-state index is 0. The van der Waals surface area contributed by atoms with Gasteiger partial charge in [0.2, 0.25) is 0 Å². The zero-order valence-corrected chi connectivity index (χ0v) is 17.4. The van der Waals surface area contributed by atoms with Gasteiger partial charge in [-0.05, 0) is 24.1 Å². The Morgan fingerprint density at radius 3 is 2.64 bits per heavy atom. The molecule has 0 radical (unpaired) electrons. The number of ether oxygens (including phenoxy) is 2. The van der Waals surface area contributed by atoms with Gasteiger partial charge in [0.1, 0.15) is 0 Å². The molecule has 0 aliphatic heterocycles. The average molecular weight is 459 g/mol. The van der Waals surface area contributed by atoms with Crippen molar-refractivity contribution in [1.82, 2.24) is 15.1 Å². The van der Waals surface area contributed by atoms with E-state index in [-0.39, 0.29) is 24.0 Å². The summed E-state index contributed by atoms with van der Waals surface area (Å²) in [4.78, 5) is 4.25. The molecule has 2 N–H and O–H groups in total. The zero-order chi connectivity index (χ0) is 17.4. The van der Waals surface area contributed by atoms with Crippen LogP contribution in [0.3, 0.4) is 0 Å². The first-order chi connectivity index (χ1) is 11.7. The molecule has 0 spiro atoms. The number of halogens is 1. The predicted molar refractivity (Wildman–Crippen MR) is 111 cm³/mol. The molecule has 138 valence electrons. The maximum atomic E-state index is 5.31. The fourth-order valence-corrected chi connectivity index (χ4v) is 2.29. The van der Waals surface area contributed by atoms with E-state index >= 15 is 0 Å². The molecule has 7 nitrogen and oxygen atoms in total. The largest absolute Gasteiger partial charge is 0.493 e. The van der Waals surface area contributed by atoms with Crippen molar-refractivity contribution in [3.63, 3.8) is 0 Å². The van der Waals surface area contributed by atoms with Crippen molar-refractivity contribution in [1.29, 1.82) is 0 Å². The lowest BCUT2D eigenvalue weighted by Gasteiger charge is -2.17. The van der Waals surface area contributed by atoms with Crippen LogP contribution in [0, 0.1) is 5.92 Å². The normalized spacial score (nSPS) is 12.1. The Labute approximate surface area is 165 Å². The van der Waals surface area contributed by atoms with Crippen LogP contribution in [0.5, 0.6) is 11.5 Å². The molecule has 1 unspecified atom stereocenters. The number of nitrogens with one attached hydrogen (secondary N) is 2. The van der Waals surface area contributed by atoms with Gasteiger partial charge in [0, 0.05) is 44.3 Å². The third-order valence-corrected chi connectivity index (χ3v) is 3.55. The smallest absolute Gasteiger partial charge is 0.195 e. The van der Waals surface area contributed by atoms with Gasteiger partial charge >= 0.3 is 0 Å². The van der Waals surface area contributed by atoms with Crippen molar-refractivity contribution in [3.05, 3.63) is 36.7 Å². The van der Waals surface area contributed by atoms with Gasteiger partial charge in [-0.3, -0.25) is 9.67 Å². The second-order valence-electron chi connectivity index (χ2n) is 5.48. The third kappa shape index (κ3) is 6.45. The lowest BCUT2D eigenvalue weighted by atomic mass is 10.2. The van der Waals surface area contributed by atoms with Crippen molar-refractivity contribution in [3.8, 4) is 11.5 Å². The summed E-state index contributed by atoms with van der Waals surface area (Å²) in [5.41, 5.74) is 0.875. The molecule has 0 saturated carbocycles. The van der Waals surface area contributed by atoms with Crippen LogP contribution in [-0.4, -0.2) is 43.6 Å². The summed E-state index contributed by atoms with van der Waals surface area (Å²) < 4.78 is 12.5. The van der Waals surface area contributed by atoms with Crippen molar-refractivity contribution in [2.45, 2.75) is 13.5 Å². The number of methoxy groups -OCH3 is 2. The Bertz CT molecular complexity index is 661. The van der Waals surface area contributed by atoms with E-state index in [9.17, 15) is 0 Å². The number of guanidine groups is 1. The van der Waals surface area contributed by atoms with Crippen LogP contribution >= 0.6 is 24.0 Å². The highest BCUT2D eigenvalue weighted by atomic mass is 127. The van der Waals surface area contributed by atoms with Crippen molar-refractivity contribution in [2.24, 2.45) is 10.9 Å². The average Bonchev–Trinajstić information content (AvgIpc) is 3.11. The van der Waals surface area contributed by atoms with Crippen molar-refractivity contribution < 1.29 is 9.47 Å². The molecule has 0 saturated heterocycles. The van der Waals surface area contributed by atoms with E-state index in [1.54, 1.807) is 27.5 Å². The highest BCUT2D eigenvalue weighted by Gasteiger charge is 2.08. The molecular formula is C17H26IN5O2. The van der Waals surface area contributed by atoms with Crippen molar-refractivity contribution in [2.75, 3.05) is 33.1 Å². The van der Waals surface area contributed by atoms with Crippen LogP contribution in [0.15, 0.2) is 41.7 Å². The highest BCUT2D eigenvalue weighted by Crippen LogP contribution is 2.29. The van der Waals surface area contributed by atoms with E-state index in [2.05, 4.69) is 27.6 Å². The minimum Gasteiger partial charge on any atom is -0.493 e. The molecule has 8 heteroatoms. The Kier molecular flexibility index (Phi) is 9.11. The zero-order valence-electron chi connectivity index (χ0n) is 15.0. The Morgan fingerprint density at radius 1 is 1.28 bits per heavy atom. The molecule has 0 bridgehead atoms. The summed E-state index contributed by atoms with van der Waals surface area (Å²) in [5, 5.41) is 10.8. The number of hydrogen-bond acceptors (Lipinski definition) is 4. The van der Waals surface area contributed by atoms with Gasteiger partial charge in [0.05, 0.1) is 14.2 Å². The Morgan fingerprint density at radius 2 is 2.04 bits per heavy atom. The summed E-state index contributed by atoms with van der Waals surface area (Å²) in [6.45, 7) is 3.80. The molecule has 1 aromatic carbocycles. The number of nitrogens with zero attached hydrogens (tertiary/aromatic N) is 3. The van der Waals surface area contributed by atoms with Gasteiger partial charge in [-0.1, -0.05) is 6.92 Å². The van der Waals surface area contributed by atoms with E-state index in [0.717, 1.165) is 18.8 Å². The molecular weight excluding hydrogens is 433 g/mol. The fourth-order valence-electron chi connectivity index (χ4n) is 2.29. The molecule has 1 heterocycles. The lowest BCUT2D eigenvalue weighted by Crippen LogP contribution is -2.35. The SMILES string of the molecule is CN=C(NCC(C)Cn1cccn1)Nc1ccc(OC)c(OC)c1.I. The maximum Gasteiger partial charge on any atom is 0.195 e. The second-order valence-corrected chi connectivity index (χ2v) is 5.48. The number of hydrogen-bond donors (Lipinski definition) is 2. The first kappa shape index (κ1) is 21.1. The number of aliphatic imine (C=N–C) groups is 1. The van der Waals surface area contributed by atoms with Gasteiger partial charge in [-0.2, -0.15) is 5.10 Å². The second kappa shape index (κ2) is 10.8. The Hall–Kier alpha value is -1.97. The molecule has 0 aliphatic rings. The molecule has 0 amide bonds. The Balaban J connectivity index is 0.00000312. The molecule has 0 aliphatic carbocycles. The topological polar surface area (TPSA) is 72.7 Å². The van der Waals surface area contributed by atoms with Gasteiger partial charge in [0.25, 0.3) is 0 Å². The van der Waals surface area contributed by atoms with E-state index < -0.39 is 0 Å². The van der Waals surface area contributed by atoms with Crippen LogP contribution in [0.25, 0.3) is 0 Å². The van der Waals surface area contributed by atoms with Crippen molar-refractivity contribution >= 4 is 35.6 Å². The van der Waals surface area contributed by atoms with Crippen LogP contribution in [-0.2, 0) is 6.54 Å². The van der Waals surface area contributed by atoms with Gasteiger partial charge < -0.3 is 20.1 Å². The van der Waals surface area contributed by atoms with Gasteiger partial charge in [-0.15, -0.1) is 24.0 Å². The summed E-state index contributed by atoms with van der Waals surface area (Å²) in [6, 6.07) is 7.58.